The Bertz CT molecular complexity index is 1180. The summed E-state index contributed by atoms with van der Waals surface area (Å²) in [4.78, 5) is 30.2. The van der Waals surface area contributed by atoms with Gasteiger partial charge in [-0.2, -0.15) is 0 Å². The first-order valence-electron chi connectivity index (χ1n) is 12.0. The number of amides is 1. The second kappa shape index (κ2) is 10.6. The molecular formula is C27H30Cl2N2O4. The Balaban J connectivity index is 1.75. The standard InChI is InChI=1S/C27H30Cl2N2O4/c1-4-30(5-2)11-6-12-31-24(17-7-9-20(28)21(29)15-17)23(26(33)27(31)34)25(32)18-8-10-22-19(14-18)13-16(3)35-22/h7-10,14-16,24,32H,4-6,11-13H2,1-3H3/t16-,24-/m1/s1. The summed E-state index contributed by atoms with van der Waals surface area (Å²) < 4.78 is 5.76. The number of rotatable bonds is 8. The molecule has 1 amide bonds. The number of Topliss-reactive ketones (excluding diaryl/α,β-unsaturated/α-hetero) is 1. The summed E-state index contributed by atoms with van der Waals surface area (Å²) in [5.74, 6) is -0.758. The molecule has 0 unspecified atom stereocenters. The summed E-state index contributed by atoms with van der Waals surface area (Å²) in [6.07, 6.45) is 1.46. The molecular weight excluding hydrogens is 487 g/mol. The van der Waals surface area contributed by atoms with Crippen molar-refractivity contribution in [1.29, 1.82) is 0 Å². The normalized spacial score (nSPS) is 21.0. The van der Waals surface area contributed by atoms with Gasteiger partial charge in [-0.3, -0.25) is 9.59 Å². The van der Waals surface area contributed by atoms with E-state index in [1.54, 1.807) is 30.3 Å². The minimum absolute atomic E-state index is 0.0509. The quantitative estimate of drug-likeness (QED) is 0.286. The van der Waals surface area contributed by atoms with Crippen molar-refractivity contribution in [2.24, 2.45) is 0 Å². The highest BCUT2D eigenvalue weighted by Gasteiger charge is 2.46. The van der Waals surface area contributed by atoms with Crippen molar-refractivity contribution in [2.45, 2.75) is 45.8 Å². The monoisotopic (exact) mass is 516 g/mol. The van der Waals surface area contributed by atoms with Crippen molar-refractivity contribution < 1.29 is 19.4 Å². The maximum Gasteiger partial charge on any atom is 0.295 e. The predicted molar refractivity (Wildman–Crippen MR) is 138 cm³/mol. The second-order valence-electron chi connectivity index (χ2n) is 9.00. The Hall–Kier alpha value is -2.54. The molecule has 2 atom stereocenters. The topological polar surface area (TPSA) is 70.1 Å². The predicted octanol–water partition coefficient (Wildman–Crippen LogP) is 5.47. The lowest BCUT2D eigenvalue weighted by atomic mass is 9.94. The van der Waals surface area contributed by atoms with E-state index in [1.165, 1.54) is 4.90 Å². The number of benzene rings is 2. The van der Waals surface area contributed by atoms with Gasteiger partial charge in [0.2, 0.25) is 0 Å². The van der Waals surface area contributed by atoms with Crippen LogP contribution in [-0.4, -0.2) is 58.9 Å². The number of hydrogen-bond acceptors (Lipinski definition) is 5. The third kappa shape index (κ3) is 5.06. The average Bonchev–Trinajstić information content (AvgIpc) is 3.34. The van der Waals surface area contributed by atoms with Crippen LogP contribution in [0.1, 0.15) is 49.9 Å². The number of hydrogen-bond donors (Lipinski definition) is 1. The van der Waals surface area contributed by atoms with E-state index in [2.05, 4.69) is 18.7 Å². The van der Waals surface area contributed by atoms with Gasteiger partial charge in [0, 0.05) is 18.5 Å². The molecule has 0 bridgehead atoms. The van der Waals surface area contributed by atoms with Crippen LogP contribution in [0.4, 0.5) is 0 Å². The van der Waals surface area contributed by atoms with Gasteiger partial charge in [-0.25, -0.2) is 0 Å². The lowest BCUT2D eigenvalue weighted by molar-refractivity contribution is -0.140. The van der Waals surface area contributed by atoms with E-state index >= 15 is 0 Å². The molecule has 2 aromatic rings. The van der Waals surface area contributed by atoms with Crippen molar-refractivity contribution in [1.82, 2.24) is 9.80 Å². The van der Waals surface area contributed by atoms with Gasteiger partial charge < -0.3 is 19.6 Å². The smallest absolute Gasteiger partial charge is 0.295 e. The van der Waals surface area contributed by atoms with Crippen LogP contribution in [0.25, 0.3) is 5.76 Å². The zero-order chi connectivity index (χ0) is 25.3. The molecule has 35 heavy (non-hydrogen) atoms. The number of fused-ring (bicyclic) bond motifs is 1. The maximum absolute atomic E-state index is 13.3. The van der Waals surface area contributed by atoms with Gasteiger partial charge in [0.25, 0.3) is 11.7 Å². The van der Waals surface area contributed by atoms with Crippen LogP contribution in [0.15, 0.2) is 42.0 Å². The van der Waals surface area contributed by atoms with Gasteiger partial charge in [-0.15, -0.1) is 0 Å². The molecule has 2 aliphatic heterocycles. The zero-order valence-electron chi connectivity index (χ0n) is 20.2. The van der Waals surface area contributed by atoms with Crippen LogP contribution in [0.2, 0.25) is 10.0 Å². The average molecular weight is 517 g/mol. The van der Waals surface area contributed by atoms with Gasteiger partial charge in [-0.05, 0) is 74.4 Å². The van der Waals surface area contributed by atoms with Crippen LogP contribution < -0.4 is 4.74 Å². The minimum Gasteiger partial charge on any atom is -0.507 e. The van der Waals surface area contributed by atoms with Crippen LogP contribution in [0, 0.1) is 0 Å². The van der Waals surface area contributed by atoms with Gasteiger partial charge in [-0.1, -0.05) is 43.1 Å². The third-order valence-electron chi connectivity index (χ3n) is 6.74. The van der Waals surface area contributed by atoms with Gasteiger partial charge >= 0.3 is 0 Å². The molecule has 1 N–H and O–H groups in total. The molecule has 0 aliphatic carbocycles. The molecule has 0 saturated carbocycles. The summed E-state index contributed by atoms with van der Waals surface area (Å²) in [5.41, 5.74) is 2.12. The molecule has 6 nitrogen and oxygen atoms in total. The molecule has 2 aromatic carbocycles. The maximum atomic E-state index is 13.3. The number of aliphatic hydroxyl groups is 1. The van der Waals surface area contributed by atoms with Crippen molar-refractivity contribution in [3.8, 4) is 5.75 Å². The van der Waals surface area contributed by atoms with Gasteiger partial charge in [0.05, 0.1) is 21.7 Å². The van der Waals surface area contributed by atoms with Crippen LogP contribution >= 0.6 is 23.2 Å². The van der Waals surface area contributed by atoms with E-state index in [4.69, 9.17) is 27.9 Å². The number of ketones is 1. The molecule has 0 aromatic heterocycles. The summed E-state index contributed by atoms with van der Waals surface area (Å²) in [6.45, 7) is 9.15. The molecule has 1 fully saturated rings. The van der Waals surface area contributed by atoms with Crippen LogP contribution in [-0.2, 0) is 16.0 Å². The number of ether oxygens (including phenoxy) is 1. The SMILES string of the molecule is CCN(CC)CCCN1C(=O)C(=O)C(=C(O)c2ccc3c(c2)C[C@@H](C)O3)[C@H]1c1ccc(Cl)c(Cl)c1. The Morgan fingerprint density at radius 2 is 1.86 bits per heavy atom. The summed E-state index contributed by atoms with van der Waals surface area (Å²) in [7, 11) is 0. The fourth-order valence-corrected chi connectivity index (χ4v) is 5.18. The van der Waals surface area contributed by atoms with Crippen molar-refractivity contribution in [2.75, 3.05) is 26.2 Å². The van der Waals surface area contributed by atoms with Crippen LogP contribution in [0.5, 0.6) is 5.75 Å². The first kappa shape index (κ1) is 25.5. The second-order valence-corrected chi connectivity index (χ2v) is 9.82. The van der Waals surface area contributed by atoms with E-state index in [9.17, 15) is 14.7 Å². The first-order chi connectivity index (χ1) is 16.7. The highest BCUT2D eigenvalue weighted by atomic mass is 35.5. The summed E-state index contributed by atoms with van der Waals surface area (Å²) >= 11 is 12.4. The van der Waals surface area contributed by atoms with Gasteiger partial charge in [0.15, 0.2) is 0 Å². The molecule has 8 heteroatoms. The summed E-state index contributed by atoms with van der Waals surface area (Å²) in [6, 6.07) is 9.62. The Morgan fingerprint density at radius 1 is 1.11 bits per heavy atom. The van der Waals surface area contributed by atoms with Crippen LogP contribution in [0.3, 0.4) is 0 Å². The van der Waals surface area contributed by atoms with E-state index in [1.807, 2.05) is 13.0 Å². The van der Waals surface area contributed by atoms with Crippen molar-refractivity contribution in [3.05, 3.63) is 68.7 Å². The fourth-order valence-electron chi connectivity index (χ4n) is 4.87. The highest BCUT2D eigenvalue weighted by Crippen LogP contribution is 2.42. The lowest BCUT2D eigenvalue weighted by Gasteiger charge is -2.27. The molecule has 4 rings (SSSR count). The Labute approximate surface area is 216 Å². The Morgan fingerprint density at radius 3 is 2.54 bits per heavy atom. The third-order valence-corrected chi connectivity index (χ3v) is 7.48. The number of carbonyl (C=O) groups is 2. The molecule has 0 radical (unpaired) electrons. The Kier molecular flexibility index (Phi) is 7.74. The molecule has 186 valence electrons. The summed E-state index contributed by atoms with van der Waals surface area (Å²) in [5, 5.41) is 12.0. The van der Waals surface area contributed by atoms with Crippen molar-refractivity contribution in [3.63, 3.8) is 0 Å². The lowest BCUT2D eigenvalue weighted by Crippen LogP contribution is -2.33. The van der Waals surface area contributed by atoms with E-state index < -0.39 is 17.7 Å². The van der Waals surface area contributed by atoms with Crippen molar-refractivity contribution >= 4 is 40.7 Å². The van der Waals surface area contributed by atoms with Gasteiger partial charge in [0.1, 0.15) is 17.6 Å². The van der Waals surface area contributed by atoms with E-state index in [-0.39, 0.29) is 17.4 Å². The highest BCUT2D eigenvalue weighted by molar-refractivity contribution is 6.46. The van der Waals surface area contributed by atoms with E-state index in [0.29, 0.717) is 40.6 Å². The number of likely N-dealkylation sites (tertiary alicyclic amines) is 1. The number of nitrogens with zero attached hydrogens (tertiary/aromatic N) is 2. The number of halogens is 2. The zero-order valence-corrected chi connectivity index (χ0v) is 21.7. The molecule has 2 heterocycles. The molecule has 2 aliphatic rings. The first-order valence-corrected chi connectivity index (χ1v) is 12.8. The number of aliphatic hydroxyl groups excluding tert-OH is 1. The minimum atomic E-state index is -0.759. The molecule has 1 saturated heterocycles. The molecule has 0 spiro atoms. The largest absolute Gasteiger partial charge is 0.507 e. The fraction of sp³-hybridized carbons (Fsp3) is 0.407. The number of carbonyl (C=O) groups excluding carboxylic acids is 2. The van der Waals surface area contributed by atoms with E-state index in [0.717, 1.165) is 30.9 Å².